The van der Waals surface area contributed by atoms with Crippen LogP contribution in [0.5, 0.6) is 5.88 Å². The molecule has 0 spiro atoms. The number of nitrogens with zero attached hydrogens (tertiary/aromatic N) is 3. The van der Waals surface area contributed by atoms with Gasteiger partial charge in [-0.25, -0.2) is 14.1 Å². The molecule has 2 N–H and O–H groups in total. The van der Waals surface area contributed by atoms with Crippen LogP contribution >= 0.6 is 0 Å². The van der Waals surface area contributed by atoms with E-state index in [0.29, 0.717) is 12.2 Å². The van der Waals surface area contributed by atoms with Gasteiger partial charge in [0, 0.05) is 31.0 Å². The Morgan fingerprint density at radius 2 is 1.81 bits per heavy atom. The highest BCUT2D eigenvalue weighted by Gasteiger charge is 2.30. The lowest BCUT2D eigenvalue weighted by molar-refractivity contribution is -0.134. The van der Waals surface area contributed by atoms with E-state index in [4.69, 9.17) is 14.9 Å². The summed E-state index contributed by atoms with van der Waals surface area (Å²) in [6.45, 7) is 4.66. The van der Waals surface area contributed by atoms with Crippen molar-refractivity contribution in [2.45, 2.75) is 44.9 Å². The monoisotopic (exact) mass is 443 g/mol. The van der Waals surface area contributed by atoms with Crippen molar-refractivity contribution in [2.24, 2.45) is 11.8 Å². The second-order valence-electron chi connectivity index (χ2n) is 8.51. The molecule has 0 aromatic carbocycles. The second-order valence-corrected chi connectivity index (χ2v) is 8.51. The third-order valence-corrected chi connectivity index (χ3v) is 6.21. The Kier molecular flexibility index (Phi) is 9.10. The first kappa shape index (κ1) is 23.8. The third-order valence-electron chi connectivity index (χ3n) is 6.21. The van der Waals surface area contributed by atoms with Crippen molar-refractivity contribution in [1.82, 2.24) is 14.5 Å². The fraction of sp³-hybridized carbons (Fsp3) is 0.542. The molecule has 4 rings (SSSR count). The van der Waals surface area contributed by atoms with E-state index in [1.54, 1.807) is 0 Å². The first-order valence-electron chi connectivity index (χ1n) is 11.4. The standard InChI is InChI=1S/C20H29N3O.C4H4O4/c1-2-8-18-16-22(13-10-17(18)7-1)11-5-6-14-24-20-15-19-9-3-4-12-23(19)21-20;5-3(6)1-2-4(7)8/h3-4,9,12,15,17-18H,1-2,5-8,10-11,13-14,16H2;1-2H,(H,5,6)(H,7,8)/t17-,18-;/m1./s1. The van der Waals surface area contributed by atoms with E-state index in [1.165, 1.54) is 58.2 Å². The summed E-state index contributed by atoms with van der Waals surface area (Å²) in [6.07, 6.45) is 12.7. The van der Waals surface area contributed by atoms with Crippen LogP contribution in [0.4, 0.5) is 0 Å². The summed E-state index contributed by atoms with van der Waals surface area (Å²) in [6, 6.07) is 8.07. The lowest BCUT2D eigenvalue weighted by Gasteiger charge is -2.41. The first-order chi connectivity index (χ1) is 15.5. The van der Waals surface area contributed by atoms with Crippen molar-refractivity contribution in [3.63, 3.8) is 0 Å². The van der Waals surface area contributed by atoms with Crippen LogP contribution < -0.4 is 4.74 Å². The van der Waals surface area contributed by atoms with E-state index in [-0.39, 0.29) is 0 Å². The molecule has 2 aliphatic rings. The van der Waals surface area contributed by atoms with Crippen LogP contribution in [0, 0.1) is 11.8 Å². The molecule has 2 fully saturated rings. The van der Waals surface area contributed by atoms with Crippen molar-refractivity contribution < 1.29 is 24.5 Å². The summed E-state index contributed by atoms with van der Waals surface area (Å²) in [5.41, 5.74) is 1.09. The number of fused-ring (bicyclic) bond motifs is 2. The molecule has 0 radical (unpaired) electrons. The number of carboxylic acid groups (broad SMARTS) is 2. The van der Waals surface area contributed by atoms with E-state index in [9.17, 15) is 9.59 Å². The largest absolute Gasteiger partial charge is 0.478 e. The summed E-state index contributed by atoms with van der Waals surface area (Å²) >= 11 is 0. The number of hydrogen-bond donors (Lipinski definition) is 2. The first-order valence-corrected chi connectivity index (χ1v) is 11.4. The van der Waals surface area contributed by atoms with E-state index < -0.39 is 11.9 Å². The smallest absolute Gasteiger partial charge is 0.328 e. The molecule has 0 bridgehead atoms. The SMILES string of the molecule is O=C(O)C=CC(=O)O.c1ccn2nc(OCCCCN3CC[C@H]4CCCC[C@@H]4C3)cc2c1. The van der Waals surface area contributed by atoms with Gasteiger partial charge in [-0.3, -0.25) is 0 Å². The molecule has 0 amide bonds. The fourth-order valence-corrected chi connectivity index (χ4v) is 4.62. The van der Waals surface area contributed by atoms with E-state index in [1.807, 2.05) is 28.9 Å². The van der Waals surface area contributed by atoms with Crippen molar-refractivity contribution in [3.8, 4) is 5.88 Å². The quantitative estimate of drug-likeness (QED) is 0.473. The average Bonchev–Trinajstić information content (AvgIpc) is 3.21. The molecule has 1 saturated carbocycles. The maximum Gasteiger partial charge on any atom is 0.328 e. The Labute approximate surface area is 188 Å². The van der Waals surface area contributed by atoms with E-state index in [0.717, 1.165) is 36.3 Å². The van der Waals surface area contributed by atoms with Gasteiger partial charge >= 0.3 is 11.9 Å². The Morgan fingerprint density at radius 1 is 1.06 bits per heavy atom. The average molecular weight is 444 g/mol. The van der Waals surface area contributed by atoms with E-state index in [2.05, 4.69) is 16.1 Å². The van der Waals surface area contributed by atoms with Crippen molar-refractivity contribution >= 4 is 17.5 Å². The lowest BCUT2D eigenvalue weighted by atomic mass is 9.75. The zero-order chi connectivity index (χ0) is 22.8. The van der Waals surface area contributed by atoms with Crippen LogP contribution in [0.3, 0.4) is 0 Å². The van der Waals surface area contributed by atoms with Crippen LogP contribution in [0.15, 0.2) is 42.6 Å². The minimum absolute atomic E-state index is 0.558. The van der Waals surface area contributed by atoms with Gasteiger partial charge in [0.2, 0.25) is 5.88 Å². The molecule has 2 aromatic rings. The number of piperidine rings is 1. The second kappa shape index (κ2) is 12.2. The van der Waals surface area contributed by atoms with Crippen LogP contribution in [0.25, 0.3) is 5.52 Å². The van der Waals surface area contributed by atoms with Crippen LogP contribution in [-0.2, 0) is 9.59 Å². The Balaban J connectivity index is 0.000000312. The molecule has 32 heavy (non-hydrogen) atoms. The molecule has 8 nitrogen and oxygen atoms in total. The molecule has 1 aliphatic heterocycles. The maximum atomic E-state index is 9.55. The van der Waals surface area contributed by atoms with Gasteiger partial charge in [-0.15, -0.1) is 5.10 Å². The molecule has 1 aliphatic carbocycles. The van der Waals surface area contributed by atoms with Crippen molar-refractivity contribution in [3.05, 3.63) is 42.6 Å². The van der Waals surface area contributed by atoms with E-state index >= 15 is 0 Å². The number of ether oxygens (including phenoxy) is 1. The Morgan fingerprint density at radius 3 is 2.53 bits per heavy atom. The third kappa shape index (κ3) is 7.67. The number of aromatic nitrogens is 2. The van der Waals surface area contributed by atoms with Crippen molar-refractivity contribution in [1.29, 1.82) is 0 Å². The minimum atomic E-state index is -1.26. The predicted octanol–water partition coefficient (Wildman–Crippen LogP) is 3.72. The fourth-order valence-electron chi connectivity index (χ4n) is 4.62. The van der Waals surface area contributed by atoms with Gasteiger partial charge in [0.1, 0.15) is 0 Å². The Hall–Kier alpha value is -2.87. The van der Waals surface area contributed by atoms with Crippen LogP contribution in [0.1, 0.15) is 44.9 Å². The number of carbonyl (C=O) groups is 2. The normalized spacial score (nSPS) is 21.0. The van der Waals surface area contributed by atoms with Crippen LogP contribution in [-0.4, -0.2) is 62.9 Å². The summed E-state index contributed by atoms with van der Waals surface area (Å²) in [5, 5.41) is 20.1. The molecule has 2 atom stereocenters. The molecule has 8 heteroatoms. The highest BCUT2D eigenvalue weighted by molar-refractivity contribution is 5.89. The van der Waals surface area contributed by atoms with Gasteiger partial charge in [0.25, 0.3) is 0 Å². The zero-order valence-corrected chi connectivity index (χ0v) is 18.4. The van der Waals surface area contributed by atoms with Gasteiger partial charge in [-0.05, 0) is 62.7 Å². The van der Waals surface area contributed by atoms with Crippen LogP contribution in [0.2, 0.25) is 0 Å². The summed E-state index contributed by atoms with van der Waals surface area (Å²) < 4.78 is 7.68. The van der Waals surface area contributed by atoms with Gasteiger partial charge in [-0.2, -0.15) is 0 Å². The summed E-state index contributed by atoms with van der Waals surface area (Å²) in [4.78, 5) is 21.8. The predicted molar refractivity (Wildman–Crippen MR) is 121 cm³/mol. The molecule has 1 saturated heterocycles. The number of rotatable bonds is 8. The lowest BCUT2D eigenvalue weighted by Crippen LogP contribution is -2.42. The number of unbranched alkanes of at least 4 members (excludes halogenated alkanes) is 1. The summed E-state index contributed by atoms with van der Waals surface area (Å²) in [7, 11) is 0. The highest BCUT2D eigenvalue weighted by Crippen LogP contribution is 2.36. The molecule has 0 unspecified atom stereocenters. The number of carboxylic acids is 2. The molecular weight excluding hydrogens is 410 g/mol. The molecule has 174 valence electrons. The number of pyridine rings is 1. The van der Waals surface area contributed by atoms with Gasteiger partial charge in [0.15, 0.2) is 0 Å². The zero-order valence-electron chi connectivity index (χ0n) is 18.4. The molecule has 2 aromatic heterocycles. The highest BCUT2D eigenvalue weighted by atomic mass is 16.5. The Bertz CT molecular complexity index is 861. The summed E-state index contributed by atoms with van der Waals surface area (Å²) in [5.74, 6) is 0.249. The molecular formula is C24H33N3O5. The number of aliphatic carboxylic acids is 2. The van der Waals surface area contributed by atoms with Gasteiger partial charge in [0.05, 0.1) is 12.1 Å². The number of hydrogen-bond acceptors (Lipinski definition) is 5. The van der Waals surface area contributed by atoms with Crippen molar-refractivity contribution in [2.75, 3.05) is 26.2 Å². The molecule has 3 heterocycles. The number of likely N-dealkylation sites (tertiary alicyclic amines) is 1. The maximum absolute atomic E-state index is 9.55. The minimum Gasteiger partial charge on any atom is -0.478 e. The topological polar surface area (TPSA) is 104 Å². The van der Waals surface area contributed by atoms with Gasteiger partial charge in [-0.1, -0.05) is 25.3 Å². The van der Waals surface area contributed by atoms with Gasteiger partial charge < -0.3 is 19.8 Å².